The van der Waals surface area contributed by atoms with E-state index >= 15 is 0 Å². The molecule has 0 spiro atoms. The normalized spacial score (nSPS) is 10.7. The molecular weight excluding hydrogens is 406 g/mol. The highest BCUT2D eigenvalue weighted by atomic mass is 19.3. The van der Waals surface area contributed by atoms with Crippen molar-refractivity contribution in [2.24, 2.45) is 0 Å². The van der Waals surface area contributed by atoms with Gasteiger partial charge in [-0.3, -0.25) is 9.48 Å². The van der Waals surface area contributed by atoms with Crippen molar-refractivity contribution in [3.63, 3.8) is 0 Å². The number of carbonyl (C=O) groups excluding carboxylic acids is 1. The number of nitrogens with zero attached hydrogens (tertiary/aromatic N) is 5. The number of amides is 1. The first-order valence-electron chi connectivity index (χ1n) is 8.42. The largest absolute Gasteiger partial charge is 0.339 e. The van der Waals surface area contributed by atoms with Crippen LogP contribution in [0, 0.1) is 23.0 Å². The average Bonchev–Trinajstić information content (AvgIpc) is 3.13. The average molecular weight is 419 g/mol. The lowest BCUT2D eigenvalue weighted by atomic mass is 10.1. The predicted molar refractivity (Wildman–Crippen MR) is 96.8 cm³/mol. The smallest absolute Gasteiger partial charge is 0.257 e. The van der Waals surface area contributed by atoms with E-state index in [1.165, 1.54) is 18.5 Å². The van der Waals surface area contributed by atoms with Crippen molar-refractivity contribution in [3.8, 4) is 17.3 Å². The van der Waals surface area contributed by atoms with Crippen molar-refractivity contribution < 1.29 is 22.4 Å². The minimum absolute atomic E-state index is 0.0423. The van der Waals surface area contributed by atoms with E-state index in [-0.39, 0.29) is 29.3 Å². The second kappa shape index (κ2) is 8.99. The number of aromatic nitrogens is 4. The van der Waals surface area contributed by atoms with Crippen molar-refractivity contribution >= 4 is 17.5 Å². The quantitative estimate of drug-likeness (QED) is 0.450. The van der Waals surface area contributed by atoms with Gasteiger partial charge in [-0.2, -0.15) is 10.4 Å². The summed E-state index contributed by atoms with van der Waals surface area (Å²) in [7, 11) is 0. The molecule has 0 aliphatic rings. The molecule has 3 rings (SSSR count). The number of hydrogen-bond acceptors (Lipinski definition) is 6. The molecule has 0 unspecified atom stereocenters. The fourth-order valence-electron chi connectivity index (χ4n) is 2.49. The van der Waals surface area contributed by atoms with Crippen LogP contribution in [0.1, 0.15) is 10.4 Å². The molecule has 0 saturated carbocycles. The third-order valence-corrected chi connectivity index (χ3v) is 3.77. The molecule has 2 aromatic heterocycles. The number of halogens is 4. The van der Waals surface area contributed by atoms with Crippen LogP contribution in [0.15, 0.2) is 36.8 Å². The highest BCUT2D eigenvalue weighted by Gasteiger charge is 2.16. The van der Waals surface area contributed by atoms with Crippen LogP contribution in [0.5, 0.6) is 0 Å². The maximum atomic E-state index is 14.3. The maximum Gasteiger partial charge on any atom is 0.257 e. The van der Waals surface area contributed by atoms with Gasteiger partial charge in [-0.15, -0.1) is 0 Å². The predicted octanol–water partition coefficient (Wildman–Crippen LogP) is 2.88. The van der Waals surface area contributed by atoms with E-state index in [1.54, 1.807) is 6.07 Å². The summed E-state index contributed by atoms with van der Waals surface area (Å²) in [5.41, 5.74) is -0.215. The molecule has 0 aliphatic heterocycles. The van der Waals surface area contributed by atoms with Gasteiger partial charge in [0.1, 0.15) is 24.6 Å². The van der Waals surface area contributed by atoms with Crippen LogP contribution >= 0.6 is 0 Å². The van der Waals surface area contributed by atoms with Crippen molar-refractivity contribution in [1.82, 2.24) is 25.1 Å². The highest BCUT2D eigenvalue weighted by Crippen LogP contribution is 2.24. The molecular formula is C18H13F4N7O. The summed E-state index contributed by atoms with van der Waals surface area (Å²) in [5.74, 6) is -2.62. The number of benzene rings is 1. The molecule has 0 radical (unpaired) electrons. The second-order valence-electron chi connectivity index (χ2n) is 5.89. The number of rotatable bonds is 7. The number of alkyl halides is 2. The van der Waals surface area contributed by atoms with Crippen LogP contribution in [-0.4, -0.2) is 38.6 Å². The molecule has 154 valence electrons. The lowest BCUT2D eigenvalue weighted by Gasteiger charge is -2.08. The molecule has 0 fully saturated rings. The summed E-state index contributed by atoms with van der Waals surface area (Å²) < 4.78 is 54.3. The van der Waals surface area contributed by atoms with E-state index < -0.39 is 30.5 Å². The lowest BCUT2D eigenvalue weighted by molar-refractivity contribution is 0.0954. The lowest BCUT2D eigenvalue weighted by Crippen LogP contribution is -2.24. The van der Waals surface area contributed by atoms with Crippen LogP contribution in [0.4, 0.5) is 29.2 Å². The van der Waals surface area contributed by atoms with Crippen LogP contribution in [0.3, 0.4) is 0 Å². The summed E-state index contributed by atoms with van der Waals surface area (Å²) >= 11 is 0. The summed E-state index contributed by atoms with van der Waals surface area (Å²) in [4.78, 5) is 19.5. The third-order valence-electron chi connectivity index (χ3n) is 3.77. The van der Waals surface area contributed by atoms with Crippen LogP contribution in [0.2, 0.25) is 0 Å². The van der Waals surface area contributed by atoms with Crippen LogP contribution in [-0.2, 0) is 6.54 Å². The van der Waals surface area contributed by atoms with Crippen molar-refractivity contribution in [1.29, 1.82) is 5.26 Å². The number of hydrogen-bond donors (Lipinski definition) is 2. The Kier molecular flexibility index (Phi) is 6.21. The molecule has 0 atom stereocenters. The molecule has 0 bridgehead atoms. The van der Waals surface area contributed by atoms with Crippen molar-refractivity contribution in [2.75, 3.05) is 11.9 Å². The number of carbonyl (C=O) groups is 1. The van der Waals surface area contributed by atoms with Gasteiger partial charge in [0.05, 0.1) is 29.7 Å². The Hall–Kier alpha value is -4.01. The van der Waals surface area contributed by atoms with E-state index in [0.717, 1.165) is 23.0 Å². The first kappa shape index (κ1) is 20.7. The molecule has 2 N–H and O–H groups in total. The zero-order chi connectivity index (χ0) is 21.7. The van der Waals surface area contributed by atoms with Crippen molar-refractivity contribution in [3.05, 3.63) is 54.0 Å². The van der Waals surface area contributed by atoms with Gasteiger partial charge < -0.3 is 10.6 Å². The van der Waals surface area contributed by atoms with Gasteiger partial charge in [-0.25, -0.2) is 27.5 Å². The molecule has 3 aromatic rings. The zero-order valence-electron chi connectivity index (χ0n) is 15.1. The molecule has 0 aliphatic carbocycles. The minimum Gasteiger partial charge on any atom is -0.339 e. The summed E-state index contributed by atoms with van der Waals surface area (Å²) in [6.45, 7) is -0.881. The van der Waals surface area contributed by atoms with E-state index in [4.69, 9.17) is 5.26 Å². The fraction of sp³-hybridized carbons (Fsp3) is 0.167. The Labute approximate surface area is 167 Å². The monoisotopic (exact) mass is 419 g/mol. The highest BCUT2D eigenvalue weighted by molar-refractivity contribution is 5.95. The Morgan fingerprint density at radius 2 is 2.03 bits per heavy atom. The van der Waals surface area contributed by atoms with Gasteiger partial charge >= 0.3 is 0 Å². The molecule has 1 aromatic carbocycles. The van der Waals surface area contributed by atoms with E-state index in [0.29, 0.717) is 5.69 Å². The second-order valence-corrected chi connectivity index (χ2v) is 5.89. The summed E-state index contributed by atoms with van der Waals surface area (Å²) in [5, 5.41) is 17.1. The SMILES string of the molecule is N#CCNC(=O)c1ccc(-c2nc(Nc3cnn(CC(F)F)c3)ncc2F)cc1F. The topological polar surface area (TPSA) is 109 Å². The van der Waals surface area contributed by atoms with Gasteiger partial charge in [-0.1, -0.05) is 6.07 Å². The first-order chi connectivity index (χ1) is 14.4. The molecule has 8 nitrogen and oxygen atoms in total. The Bertz CT molecular complexity index is 1110. The fourth-order valence-corrected chi connectivity index (χ4v) is 2.49. The van der Waals surface area contributed by atoms with Gasteiger partial charge in [0.25, 0.3) is 12.3 Å². The minimum atomic E-state index is -2.58. The molecule has 12 heteroatoms. The number of nitriles is 1. The van der Waals surface area contributed by atoms with Gasteiger partial charge in [0, 0.05) is 11.8 Å². The van der Waals surface area contributed by atoms with E-state index in [9.17, 15) is 22.4 Å². The van der Waals surface area contributed by atoms with Crippen LogP contribution in [0.25, 0.3) is 11.3 Å². The summed E-state index contributed by atoms with van der Waals surface area (Å²) in [6.07, 6.45) is 0.849. The zero-order valence-corrected chi connectivity index (χ0v) is 15.1. The van der Waals surface area contributed by atoms with Gasteiger partial charge in [-0.05, 0) is 12.1 Å². The van der Waals surface area contributed by atoms with Crippen LogP contribution < -0.4 is 10.6 Å². The Morgan fingerprint density at radius 3 is 2.73 bits per heavy atom. The standard InChI is InChI=1S/C18H13F4N7O/c19-13-5-10(1-2-12(13)17(30)24-4-3-23)16-14(20)7-25-18(28-16)27-11-6-26-29(8-11)9-15(21)22/h1-2,5-8,15H,4,9H2,(H,24,30)(H,25,27,28). The first-order valence-corrected chi connectivity index (χ1v) is 8.42. The van der Waals surface area contributed by atoms with Crippen molar-refractivity contribution in [2.45, 2.75) is 13.0 Å². The Morgan fingerprint density at radius 1 is 1.23 bits per heavy atom. The van der Waals surface area contributed by atoms with E-state index in [1.807, 2.05) is 0 Å². The molecule has 0 saturated heterocycles. The number of nitrogens with one attached hydrogen (secondary N) is 2. The molecule has 30 heavy (non-hydrogen) atoms. The number of anilines is 2. The van der Waals surface area contributed by atoms with Gasteiger partial charge in [0.2, 0.25) is 5.95 Å². The third kappa shape index (κ3) is 4.88. The van der Waals surface area contributed by atoms with E-state index in [2.05, 4.69) is 25.7 Å². The molecule has 1 amide bonds. The van der Waals surface area contributed by atoms with Gasteiger partial charge in [0.15, 0.2) is 5.82 Å². The molecule has 2 heterocycles. The maximum absolute atomic E-state index is 14.3. The Balaban J connectivity index is 1.83. The summed E-state index contributed by atoms with van der Waals surface area (Å²) in [6, 6.07) is 5.06.